The van der Waals surface area contributed by atoms with Gasteiger partial charge in [0.1, 0.15) is 6.42 Å². The molecule has 0 fully saturated rings. The van der Waals surface area contributed by atoms with Crippen molar-refractivity contribution in [3.63, 3.8) is 0 Å². The van der Waals surface area contributed by atoms with Crippen molar-refractivity contribution in [3.05, 3.63) is 0 Å². The molecule has 25 heavy (non-hydrogen) atoms. The van der Waals surface area contributed by atoms with E-state index in [1.807, 2.05) is 0 Å². The summed E-state index contributed by atoms with van der Waals surface area (Å²) in [4.78, 5) is 56.1. The maximum absolute atomic E-state index is 9.43. The molecular weight excluding hydrogens is 576 g/mol. The number of hydrogen-bond acceptors (Lipinski definition) is 9. The van der Waals surface area contributed by atoms with Crippen LogP contribution in [0, 0.1) is 29.9 Å². The van der Waals surface area contributed by atoms with E-state index >= 15 is 0 Å². The minimum atomic E-state index is -1.63. The van der Waals surface area contributed by atoms with E-state index in [0.717, 1.165) is 0 Å². The number of aliphatic carboxylic acids is 6. The molecule has 16 heteroatoms. The zero-order valence-electron chi connectivity index (χ0n) is 12.6. The van der Waals surface area contributed by atoms with Crippen molar-refractivity contribution < 1.29 is 119 Å². The van der Waals surface area contributed by atoms with Crippen LogP contribution in [0.5, 0.6) is 0 Å². The van der Waals surface area contributed by atoms with Gasteiger partial charge in [-0.3, -0.25) is 14.4 Å². The van der Waals surface area contributed by atoms with Gasteiger partial charge in [-0.1, -0.05) is 0 Å². The van der Waals surface area contributed by atoms with E-state index in [-0.39, 0.29) is 59.8 Å². The first kappa shape index (κ1) is 43.6. The second kappa shape index (κ2) is 27.2. The summed E-state index contributed by atoms with van der Waals surface area (Å²) < 4.78 is 0. The standard InChI is InChI=1S/3C3H4O4.Li.Np.2H2O/c3*4-2(5)1-3(6)7;;;;/h3*1H2,(H,4,5)(H,6,7);;;2*1H2/q;;;+1;;;/p-3. The number of carbonyl (C=O) groups excluding carboxylic acids is 3. The van der Waals surface area contributed by atoms with Crippen LogP contribution in [-0.2, 0) is 28.8 Å². The SMILES string of the molecule is O.O.O=C(O)CC(=O)O.O=C([O-])CC(=O)O.O=C([O-])CC(=O)[O-].[Li+].[Np]. The molecule has 0 aromatic heterocycles. The fraction of sp³-hybridized carbons (Fsp3) is 0.333. The van der Waals surface area contributed by atoms with Crippen LogP contribution in [0.2, 0.25) is 0 Å². The smallest absolute Gasteiger partial charge is 0.550 e. The molecule has 0 aliphatic heterocycles. The topological polar surface area (TPSA) is 295 Å². The predicted octanol–water partition coefficient (Wildman–Crippen LogP) is -10.0. The third-order valence-electron chi connectivity index (χ3n) is 0.887. The molecule has 0 aliphatic carbocycles. The third-order valence-corrected chi connectivity index (χ3v) is 0.887. The number of hydrogen-bond donors (Lipinski definition) is 3. The largest absolute Gasteiger partial charge is 1.00 e. The van der Waals surface area contributed by atoms with Gasteiger partial charge >= 0.3 is 36.8 Å². The summed E-state index contributed by atoms with van der Waals surface area (Å²) in [6.45, 7) is 0. The molecule has 14 nitrogen and oxygen atoms in total. The van der Waals surface area contributed by atoms with Crippen molar-refractivity contribution >= 4 is 35.8 Å². The van der Waals surface area contributed by atoms with Gasteiger partial charge in [0, 0.05) is 48.3 Å². The molecule has 7 N–H and O–H groups in total. The van der Waals surface area contributed by atoms with Crippen molar-refractivity contribution in [2.45, 2.75) is 19.3 Å². The van der Waals surface area contributed by atoms with Crippen LogP contribution in [0.1, 0.15) is 19.3 Å². The molecule has 0 heterocycles. The van der Waals surface area contributed by atoms with Gasteiger partial charge < -0.3 is 56.0 Å². The number of carbonyl (C=O) groups is 6. The van der Waals surface area contributed by atoms with Crippen LogP contribution in [0.4, 0.5) is 0 Å². The van der Waals surface area contributed by atoms with Gasteiger partial charge in [-0.15, -0.1) is 0 Å². The van der Waals surface area contributed by atoms with E-state index in [1.165, 1.54) is 0 Å². The first-order valence-corrected chi connectivity index (χ1v) is 4.63. The van der Waals surface area contributed by atoms with E-state index < -0.39 is 55.1 Å². The first-order chi connectivity index (χ1) is 9.38. The Labute approximate surface area is 173 Å². The van der Waals surface area contributed by atoms with E-state index in [1.54, 1.807) is 0 Å². The van der Waals surface area contributed by atoms with E-state index in [4.69, 9.17) is 15.3 Å². The van der Waals surface area contributed by atoms with Gasteiger partial charge in [-0.2, -0.15) is 0 Å². The molecule has 0 aromatic rings. The van der Waals surface area contributed by atoms with Gasteiger partial charge in [0.2, 0.25) is 0 Å². The van der Waals surface area contributed by atoms with Crippen molar-refractivity contribution in [1.29, 1.82) is 0 Å². The van der Waals surface area contributed by atoms with Gasteiger partial charge in [-0.25, -0.2) is 0 Å². The van der Waals surface area contributed by atoms with Crippen molar-refractivity contribution in [2.75, 3.05) is 0 Å². The molecule has 141 valence electrons. The van der Waals surface area contributed by atoms with Crippen molar-refractivity contribution in [2.24, 2.45) is 0 Å². The Kier molecular flexibility index (Phi) is 47.5. The fourth-order valence-electron chi connectivity index (χ4n) is 0.371. The summed E-state index contributed by atoms with van der Waals surface area (Å²) in [5.74, 6) is -8.81. The van der Waals surface area contributed by atoms with Gasteiger partial charge in [-0.05, 0) is 0 Å². The van der Waals surface area contributed by atoms with Crippen LogP contribution in [0.15, 0.2) is 0 Å². The minimum Gasteiger partial charge on any atom is -0.550 e. The molecule has 0 saturated heterocycles. The Bertz CT molecular complexity index is 325. The number of carboxylic acid groups (broad SMARTS) is 6. The molecule has 0 bridgehead atoms. The average Bonchev–Trinajstić information content (AvgIpc) is 2.10. The van der Waals surface area contributed by atoms with Crippen molar-refractivity contribution in [1.82, 2.24) is 0 Å². The normalized spacial score (nSPS) is 6.72. The molecule has 0 unspecified atom stereocenters. The number of rotatable bonds is 6. The van der Waals surface area contributed by atoms with Crippen LogP contribution in [0.25, 0.3) is 0 Å². The second-order valence-electron chi connectivity index (χ2n) is 2.83. The van der Waals surface area contributed by atoms with Crippen LogP contribution < -0.4 is 34.2 Å². The Balaban J connectivity index is -0.0000000360. The quantitative estimate of drug-likeness (QED) is 0.192. The molecule has 0 rings (SSSR count). The molecule has 0 atom stereocenters. The maximum atomic E-state index is 9.43. The van der Waals surface area contributed by atoms with Gasteiger partial charge in [0.25, 0.3) is 0 Å². The molecule has 0 amide bonds. The van der Waals surface area contributed by atoms with E-state index in [0.29, 0.717) is 0 Å². The van der Waals surface area contributed by atoms with Crippen molar-refractivity contribution in [3.8, 4) is 0 Å². The van der Waals surface area contributed by atoms with Crippen LogP contribution in [-0.4, -0.2) is 62.1 Å². The Morgan fingerprint density at radius 3 is 0.760 bits per heavy atom. The summed E-state index contributed by atoms with van der Waals surface area (Å²) in [5.41, 5.74) is 0. The average molecular weight is 589 g/mol. The Morgan fingerprint density at radius 1 is 0.560 bits per heavy atom. The summed E-state index contributed by atoms with van der Waals surface area (Å²) >= 11 is 0. The molecule has 0 saturated carbocycles. The van der Waals surface area contributed by atoms with Gasteiger partial charge in [0.15, 0.2) is 0 Å². The zero-order valence-corrected chi connectivity index (χ0v) is 16.3. The summed E-state index contributed by atoms with van der Waals surface area (Å²) in [6.07, 6.45) is -2.75. The first-order valence-electron chi connectivity index (χ1n) is 4.63. The molecule has 0 spiro atoms. The minimum absolute atomic E-state index is 0. The second-order valence-corrected chi connectivity index (χ2v) is 2.83. The molecule has 1 radical (unpaired) electrons. The van der Waals surface area contributed by atoms with E-state index in [2.05, 4.69) is 0 Å². The fourth-order valence-corrected chi connectivity index (χ4v) is 0.371. The summed E-state index contributed by atoms with van der Waals surface area (Å²) in [6, 6.07) is 0. The third kappa shape index (κ3) is 86.4. The maximum Gasteiger partial charge on any atom is 1.00 e. The number of carboxylic acids is 6. The van der Waals surface area contributed by atoms with Crippen LogP contribution in [0.3, 0.4) is 0 Å². The Morgan fingerprint density at radius 2 is 0.760 bits per heavy atom. The predicted molar refractivity (Wildman–Crippen MR) is 59.0 cm³/mol. The van der Waals surface area contributed by atoms with E-state index in [9.17, 15) is 44.1 Å². The summed E-state index contributed by atoms with van der Waals surface area (Å²) in [5, 5.41) is 50.9. The van der Waals surface area contributed by atoms with Crippen LogP contribution >= 0.6 is 0 Å². The molecule has 0 aliphatic rings. The van der Waals surface area contributed by atoms with Gasteiger partial charge in [0.05, 0.1) is 12.4 Å². The summed E-state index contributed by atoms with van der Waals surface area (Å²) in [7, 11) is 0. The molecular formula is C9H13LiNpO14-2. The monoisotopic (exact) mass is 588 g/mol. The molecule has 0 aromatic carbocycles. The zero-order chi connectivity index (χ0) is 17.6. The Hall–Kier alpha value is -1.65.